The number of nitro benzene ring substituents is 2. The molecule has 3 rings (SSSR count). The number of rotatable bonds is 9. The maximum absolute atomic E-state index is 11.4. The van der Waals surface area contributed by atoms with Gasteiger partial charge in [0.1, 0.15) is 5.69 Å². The van der Waals surface area contributed by atoms with E-state index in [0.717, 1.165) is 30.5 Å². The van der Waals surface area contributed by atoms with Gasteiger partial charge in [0, 0.05) is 29.6 Å². The molecule has 0 N–H and O–H groups in total. The Bertz CT molecular complexity index is 1170. The first-order valence-corrected chi connectivity index (χ1v) is 11.4. The van der Waals surface area contributed by atoms with Gasteiger partial charge in [0.05, 0.1) is 15.5 Å². The van der Waals surface area contributed by atoms with Crippen molar-refractivity contribution in [3.05, 3.63) is 78.9 Å². The summed E-state index contributed by atoms with van der Waals surface area (Å²) in [6.45, 7) is 6.50. The molecule has 1 atom stereocenters. The zero-order chi connectivity index (χ0) is 23.3. The lowest BCUT2D eigenvalue weighted by molar-refractivity contribution is -0.384. The van der Waals surface area contributed by atoms with Crippen LogP contribution in [0, 0.1) is 26.1 Å². The van der Waals surface area contributed by atoms with Gasteiger partial charge in [-0.1, -0.05) is 38.8 Å². The van der Waals surface area contributed by atoms with E-state index in [0.29, 0.717) is 16.4 Å². The molecule has 2 aromatic carbocycles. The van der Waals surface area contributed by atoms with Gasteiger partial charge < -0.3 is 4.57 Å². The average Bonchev–Trinajstić information content (AvgIpc) is 3.17. The van der Waals surface area contributed by atoms with E-state index in [1.165, 1.54) is 29.5 Å². The van der Waals surface area contributed by atoms with Crippen LogP contribution >= 0.6 is 11.3 Å². The normalized spacial score (nSPS) is 12.8. The first kappa shape index (κ1) is 23.3. The van der Waals surface area contributed by atoms with Crippen LogP contribution in [0.15, 0.2) is 58.9 Å². The standard InChI is InChI=1S/C23H26N4O4S/c1-16(2)7-6-8-17(3)25-22(18-11-13-19(14-12-18)26(28)29)15-32-23(25)24-20-9-4-5-10-21(20)27(30)31/h4-5,9-17H,6-8H2,1-3H3. The van der Waals surface area contributed by atoms with Gasteiger partial charge in [-0.15, -0.1) is 11.3 Å². The number of non-ortho nitro benzene ring substituents is 1. The highest BCUT2D eigenvalue weighted by Gasteiger charge is 2.17. The lowest BCUT2D eigenvalue weighted by Gasteiger charge is -2.18. The highest BCUT2D eigenvalue weighted by atomic mass is 32.1. The molecule has 8 nitrogen and oxygen atoms in total. The number of nitro groups is 2. The molecular formula is C23H26N4O4S. The summed E-state index contributed by atoms with van der Waals surface area (Å²) in [5, 5.41) is 24.4. The second-order valence-electron chi connectivity index (χ2n) is 8.11. The van der Waals surface area contributed by atoms with Crippen LogP contribution < -0.4 is 4.80 Å². The van der Waals surface area contributed by atoms with Crippen molar-refractivity contribution in [2.75, 3.05) is 0 Å². The third-order valence-corrected chi connectivity index (χ3v) is 6.09. The van der Waals surface area contributed by atoms with Gasteiger partial charge in [0.15, 0.2) is 4.80 Å². The fourth-order valence-electron chi connectivity index (χ4n) is 3.56. The van der Waals surface area contributed by atoms with E-state index < -0.39 is 9.85 Å². The van der Waals surface area contributed by atoms with E-state index in [1.54, 1.807) is 30.3 Å². The van der Waals surface area contributed by atoms with Crippen molar-refractivity contribution < 1.29 is 9.85 Å². The smallest absolute Gasteiger partial charge is 0.294 e. The third-order valence-electron chi connectivity index (χ3n) is 5.25. The lowest BCUT2D eigenvalue weighted by atomic mass is 10.0. The maximum Gasteiger partial charge on any atom is 0.294 e. The molecule has 32 heavy (non-hydrogen) atoms. The monoisotopic (exact) mass is 454 g/mol. The first-order valence-electron chi connectivity index (χ1n) is 10.5. The maximum atomic E-state index is 11.4. The van der Waals surface area contributed by atoms with Gasteiger partial charge in [0.2, 0.25) is 0 Å². The molecule has 0 fully saturated rings. The highest BCUT2D eigenvalue weighted by Crippen LogP contribution is 2.30. The van der Waals surface area contributed by atoms with Crippen LogP contribution in [0.3, 0.4) is 0 Å². The van der Waals surface area contributed by atoms with Crippen molar-refractivity contribution >= 4 is 28.4 Å². The quantitative estimate of drug-likeness (QED) is 0.266. The molecule has 0 amide bonds. The van der Waals surface area contributed by atoms with Gasteiger partial charge in [-0.2, -0.15) is 0 Å². The molecule has 0 aliphatic carbocycles. The summed E-state index contributed by atoms with van der Waals surface area (Å²) in [6, 6.07) is 13.0. The van der Waals surface area contributed by atoms with E-state index in [4.69, 9.17) is 0 Å². The summed E-state index contributed by atoms with van der Waals surface area (Å²) < 4.78 is 2.09. The Morgan fingerprint density at radius 2 is 1.66 bits per heavy atom. The Hall–Kier alpha value is -3.33. The minimum absolute atomic E-state index is 0.0327. The van der Waals surface area contributed by atoms with Crippen molar-refractivity contribution in [3.8, 4) is 11.3 Å². The van der Waals surface area contributed by atoms with E-state index in [-0.39, 0.29) is 17.4 Å². The second-order valence-corrected chi connectivity index (χ2v) is 8.95. The fraction of sp³-hybridized carbons (Fsp3) is 0.348. The molecule has 0 saturated heterocycles. The van der Waals surface area contributed by atoms with Crippen LogP contribution in [-0.2, 0) is 0 Å². The first-order chi connectivity index (χ1) is 15.3. The SMILES string of the molecule is CC(C)CCCC(C)n1c(-c2ccc([N+](=O)[O-])cc2)csc1=Nc1ccccc1[N+](=O)[O-]. The van der Waals surface area contributed by atoms with Crippen LogP contribution in [0.5, 0.6) is 0 Å². The van der Waals surface area contributed by atoms with Crippen molar-refractivity contribution in [2.45, 2.75) is 46.1 Å². The van der Waals surface area contributed by atoms with Crippen LogP contribution in [0.25, 0.3) is 11.3 Å². The van der Waals surface area contributed by atoms with Gasteiger partial charge in [-0.3, -0.25) is 20.2 Å². The Morgan fingerprint density at radius 3 is 2.28 bits per heavy atom. The van der Waals surface area contributed by atoms with E-state index >= 15 is 0 Å². The van der Waals surface area contributed by atoms with Gasteiger partial charge >= 0.3 is 0 Å². The number of para-hydroxylation sites is 2. The number of hydrogen-bond acceptors (Lipinski definition) is 6. The molecule has 0 saturated carbocycles. The Balaban J connectivity index is 2.10. The van der Waals surface area contributed by atoms with Crippen molar-refractivity contribution in [1.29, 1.82) is 0 Å². The molecule has 0 spiro atoms. The Labute approximate surface area is 190 Å². The minimum atomic E-state index is -0.430. The Kier molecular flexibility index (Phi) is 7.53. The number of hydrogen-bond donors (Lipinski definition) is 0. The molecular weight excluding hydrogens is 428 g/mol. The average molecular weight is 455 g/mol. The molecule has 0 aliphatic heterocycles. The van der Waals surface area contributed by atoms with Crippen LogP contribution in [0.1, 0.15) is 46.1 Å². The number of nitrogens with zero attached hydrogens (tertiary/aromatic N) is 4. The molecule has 168 valence electrons. The predicted molar refractivity (Wildman–Crippen MR) is 126 cm³/mol. The summed E-state index contributed by atoms with van der Waals surface area (Å²) in [6.07, 6.45) is 3.09. The van der Waals surface area contributed by atoms with Crippen LogP contribution in [-0.4, -0.2) is 14.4 Å². The summed E-state index contributed by atoms with van der Waals surface area (Å²) in [4.78, 5) is 26.9. The molecule has 1 unspecified atom stereocenters. The summed E-state index contributed by atoms with van der Waals surface area (Å²) >= 11 is 1.40. The van der Waals surface area contributed by atoms with Crippen molar-refractivity contribution in [3.63, 3.8) is 0 Å². The summed E-state index contributed by atoms with van der Waals surface area (Å²) in [7, 11) is 0. The van der Waals surface area contributed by atoms with Gasteiger partial charge in [0.25, 0.3) is 11.4 Å². The molecule has 0 bridgehead atoms. The number of aromatic nitrogens is 1. The zero-order valence-electron chi connectivity index (χ0n) is 18.3. The molecule has 9 heteroatoms. The third kappa shape index (κ3) is 5.47. The highest BCUT2D eigenvalue weighted by molar-refractivity contribution is 7.07. The largest absolute Gasteiger partial charge is 0.314 e. The zero-order valence-corrected chi connectivity index (χ0v) is 19.1. The second kappa shape index (κ2) is 10.3. The topological polar surface area (TPSA) is 104 Å². The number of benzene rings is 2. The molecule has 1 aromatic heterocycles. The van der Waals surface area contributed by atoms with E-state index in [1.807, 2.05) is 5.38 Å². The van der Waals surface area contributed by atoms with Gasteiger partial charge in [-0.05, 0) is 43.0 Å². The number of thiazole rings is 1. The van der Waals surface area contributed by atoms with Crippen molar-refractivity contribution in [1.82, 2.24) is 4.57 Å². The predicted octanol–water partition coefficient (Wildman–Crippen LogP) is 6.65. The molecule has 0 radical (unpaired) electrons. The minimum Gasteiger partial charge on any atom is -0.314 e. The van der Waals surface area contributed by atoms with Crippen LogP contribution in [0.2, 0.25) is 0 Å². The van der Waals surface area contributed by atoms with Crippen molar-refractivity contribution in [2.24, 2.45) is 10.9 Å². The van der Waals surface area contributed by atoms with E-state index in [2.05, 4.69) is 30.3 Å². The molecule has 3 aromatic rings. The summed E-state index contributed by atoms with van der Waals surface area (Å²) in [5.41, 5.74) is 2.02. The summed E-state index contributed by atoms with van der Waals surface area (Å²) in [5.74, 6) is 0.611. The van der Waals surface area contributed by atoms with Crippen LogP contribution in [0.4, 0.5) is 17.1 Å². The fourth-order valence-corrected chi connectivity index (χ4v) is 4.57. The molecule has 0 aliphatic rings. The Morgan fingerprint density at radius 1 is 0.969 bits per heavy atom. The van der Waals surface area contributed by atoms with E-state index in [9.17, 15) is 20.2 Å². The molecule has 1 heterocycles. The lowest BCUT2D eigenvalue weighted by Crippen LogP contribution is -2.20. The van der Waals surface area contributed by atoms with Gasteiger partial charge in [-0.25, -0.2) is 4.99 Å².